The zero-order valence-electron chi connectivity index (χ0n) is 11.1. The van der Waals surface area contributed by atoms with E-state index in [0.717, 1.165) is 5.69 Å². The Morgan fingerprint density at radius 2 is 2.06 bits per heavy atom. The molecular formula is C12H18N2O3S. The van der Waals surface area contributed by atoms with Crippen LogP contribution in [0, 0.1) is 0 Å². The summed E-state index contributed by atoms with van der Waals surface area (Å²) in [6.45, 7) is 7.78. The molecular weight excluding hydrogens is 252 g/mol. The molecule has 0 saturated heterocycles. The van der Waals surface area contributed by atoms with Crippen molar-refractivity contribution < 1.29 is 14.7 Å². The van der Waals surface area contributed by atoms with E-state index in [0.29, 0.717) is 11.4 Å². The Morgan fingerprint density at radius 3 is 2.50 bits per heavy atom. The quantitative estimate of drug-likeness (QED) is 0.908. The molecule has 0 atom stereocenters. The molecule has 1 rings (SSSR count). The first-order valence-corrected chi connectivity index (χ1v) is 6.60. The van der Waals surface area contributed by atoms with Gasteiger partial charge in [-0.1, -0.05) is 20.8 Å². The number of carbonyl (C=O) groups excluding carboxylic acids is 1. The monoisotopic (exact) mass is 270 g/mol. The molecule has 0 aliphatic heterocycles. The van der Waals surface area contributed by atoms with Gasteiger partial charge in [0.15, 0.2) is 0 Å². The van der Waals surface area contributed by atoms with Gasteiger partial charge < -0.3 is 10.0 Å². The third-order valence-corrected chi connectivity index (χ3v) is 3.28. The maximum absolute atomic E-state index is 12.3. The van der Waals surface area contributed by atoms with Gasteiger partial charge >= 0.3 is 5.97 Å². The number of aromatic nitrogens is 1. The van der Waals surface area contributed by atoms with Crippen LogP contribution >= 0.6 is 11.3 Å². The molecule has 100 valence electrons. The maximum atomic E-state index is 12.3. The van der Waals surface area contributed by atoms with Gasteiger partial charge in [0, 0.05) is 12.0 Å². The number of nitrogens with zero attached hydrogens (tertiary/aromatic N) is 2. The Labute approximate surface area is 110 Å². The van der Waals surface area contributed by atoms with Gasteiger partial charge in [0.2, 0.25) is 0 Å². The number of hydrogen-bond donors (Lipinski definition) is 1. The molecule has 0 aromatic carbocycles. The van der Waals surface area contributed by atoms with Gasteiger partial charge in [0.1, 0.15) is 11.4 Å². The Kier molecular flexibility index (Phi) is 4.45. The van der Waals surface area contributed by atoms with Crippen LogP contribution in [0.1, 0.15) is 43.1 Å². The van der Waals surface area contributed by atoms with Crippen molar-refractivity contribution in [1.82, 2.24) is 9.88 Å². The highest BCUT2D eigenvalue weighted by Gasteiger charge is 2.27. The average Bonchev–Trinajstić information content (AvgIpc) is 2.72. The molecule has 5 nitrogen and oxygen atoms in total. The van der Waals surface area contributed by atoms with Crippen LogP contribution in [0.3, 0.4) is 0 Å². The van der Waals surface area contributed by atoms with Crippen LogP contribution in [-0.4, -0.2) is 40.0 Å². The second-order valence-corrected chi connectivity index (χ2v) is 5.85. The van der Waals surface area contributed by atoms with Gasteiger partial charge in [0.25, 0.3) is 5.91 Å². The molecule has 0 unspecified atom stereocenters. The zero-order chi connectivity index (χ0) is 13.9. The van der Waals surface area contributed by atoms with Crippen molar-refractivity contribution in [2.24, 2.45) is 0 Å². The van der Waals surface area contributed by atoms with Crippen LogP contribution < -0.4 is 0 Å². The fraction of sp³-hybridized carbons (Fsp3) is 0.583. The predicted octanol–water partition coefficient (Wildman–Crippen LogP) is 1.99. The summed E-state index contributed by atoms with van der Waals surface area (Å²) in [5.41, 5.74) is 2.12. The van der Waals surface area contributed by atoms with E-state index in [9.17, 15) is 9.59 Å². The molecule has 0 radical (unpaired) electrons. The van der Waals surface area contributed by atoms with Gasteiger partial charge in [-0.25, -0.2) is 4.98 Å². The van der Waals surface area contributed by atoms with Crippen molar-refractivity contribution in [2.75, 3.05) is 13.1 Å². The largest absolute Gasteiger partial charge is 0.480 e. The molecule has 1 aromatic rings. The van der Waals surface area contributed by atoms with Crippen molar-refractivity contribution in [2.45, 2.75) is 33.1 Å². The summed E-state index contributed by atoms with van der Waals surface area (Å²) < 4.78 is 0. The number of rotatable bonds is 4. The Hall–Kier alpha value is -1.43. The summed E-state index contributed by atoms with van der Waals surface area (Å²) in [5, 5.41) is 8.78. The van der Waals surface area contributed by atoms with Crippen LogP contribution in [0.2, 0.25) is 0 Å². The summed E-state index contributed by atoms with van der Waals surface area (Å²) in [4.78, 5) is 29.1. The normalized spacial score (nSPS) is 11.3. The number of carboxylic acid groups (broad SMARTS) is 1. The van der Waals surface area contributed by atoms with Crippen LogP contribution in [-0.2, 0) is 10.2 Å². The van der Waals surface area contributed by atoms with E-state index < -0.39 is 5.97 Å². The Bertz CT molecular complexity index is 448. The first-order valence-electron chi connectivity index (χ1n) is 5.72. The molecule has 0 aliphatic rings. The Morgan fingerprint density at radius 1 is 1.44 bits per heavy atom. The van der Waals surface area contributed by atoms with Crippen molar-refractivity contribution in [1.29, 1.82) is 0 Å². The number of carbonyl (C=O) groups is 2. The first kappa shape index (κ1) is 14.6. The third kappa shape index (κ3) is 3.29. The minimum Gasteiger partial charge on any atom is -0.480 e. The first-order chi connectivity index (χ1) is 8.27. The summed E-state index contributed by atoms with van der Waals surface area (Å²) in [7, 11) is 0. The Balaban J connectivity index is 3.03. The molecule has 0 saturated carbocycles. The van der Waals surface area contributed by atoms with Crippen molar-refractivity contribution in [3.8, 4) is 0 Å². The fourth-order valence-electron chi connectivity index (χ4n) is 1.57. The topological polar surface area (TPSA) is 70.5 Å². The number of amides is 1. The summed E-state index contributed by atoms with van der Waals surface area (Å²) in [5.74, 6) is -1.26. The number of hydrogen-bond acceptors (Lipinski definition) is 4. The van der Waals surface area contributed by atoms with Crippen molar-refractivity contribution >= 4 is 23.2 Å². The second kappa shape index (κ2) is 5.48. The van der Waals surface area contributed by atoms with E-state index in [2.05, 4.69) is 4.98 Å². The minimum atomic E-state index is -1.01. The molecule has 1 aromatic heterocycles. The lowest BCUT2D eigenvalue weighted by Crippen LogP contribution is -2.36. The van der Waals surface area contributed by atoms with Crippen LogP contribution in [0.5, 0.6) is 0 Å². The molecule has 1 heterocycles. The fourth-order valence-corrected chi connectivity index (χ4v) is 2.53. The van der Waals surface area contributed by atoms with E-state index in [-0.39, 0.29) is 17.9 Å². The lowest BCUT2D eigenvalue weighted by atomic mass is 9.91. The van der Waals surface area contributed by atoms with E-state index in [1.165, 1.54) is 16.2 Å². The van der Waals surface area contributed by atoms with Crippen LogP contribution in [0.4, 0.5) is 0 Å². The molecule has 0 spiro atoms. The van der Waals surface area contributed by atoms with Gasteiger partial charge in [-0.3, -0.25) is 9.59 Å². The molecule has 1 N–H and O–H groups in total. The molecule has 6 heteroatoms. The summed E-state index contributed by atoms with van der Waals surface area (Å²) in [6.07, 6.45) is 0. The lowest BCUT2D eigenvalue weighted by Gasteiger charge is -2.21. The summed E-state index contributed by atoms with van der Waals surface area (Å²) >= 11 is 1.26. The van der Waals surface area contributed by atoms with Gasteiger partial charge in [0.05, 0.1) is 11.2 Å². The third-order valence-electron chi connectivity index (χ3n) is 2.47. The molecule has 0 fully saturated rings. The van der Waals surface area contributed by atoms with E-state index in [1.54, 1.807) is 12.4 Å². The van der Waals surface area contributed by atoms with Gasteiger partial charge in [-0.15, -0.1) is 11.3 Å². The SMILES string of the molecule is CCN(CC(=O)O)C(=O)c1scnc1C(C)(C)C. The van der Waals surface area contributed by atoms with E-state index in [1.807, 2.05) is 20.8 Å². The van der Waals surface area contributed by atoms with Gasteiger partial charge in [-0.05, 0) is 6.92 Å². The average molecular weight is 270 g/mol. The van der Waals surface area contributed by atoms with Gasteiger partial charge in [-0.2, -0.15) is 0 Å². The predicted molar refractivity (Wildman–Crippen MR) is 70.0 cm³/mol. The molecule has 1 amide bonds. The second-order valence-electron chi connectivity index (χ2n) is 4.99. The van der Waals surface area contributed by atoms with Crippen molar-refractivity contribution in [3.63, 3.8) is 0 Å². The number of thiazole rings is 1. The van der Waals surface area contributed by atoms with Crippen LogP contribution in [0.15, 0.2) is 5.51 Å². The zero-order valence-corrected chi connectivity index (χ0v) is 11.9. The number of likely N-dealkylation sites (N-methyl/N-ethyl adjacent to an activating group) is 1. The molecule has 0 bridgehead atoms. The highest BCUT2D eigenvalue weighted by Crippen LogP contribution is 2.28. The molecule has 0 aliphatic carbocycles. The summed E-state index contributed by atoms with van der Waals surface area (Å²) in [6, 6.07) is 0. The number of aliphatic carboxylic acids is 1. The minimum absolute atomic E-state index is 0.229. The molecule has 18 heavy (non-hydrogen) atoms. The standard InChI is InChI=1S/C12H18N2O3S/c1-5-14(6-8(15)16)11(17)9-10(12(2,3)4)13-7-18-9/h7H,5-6H2,1-4H3,(H,15,16). The smallest absolute Gasteiger partial charge is 0.323 e. The van der Waals surface area contributed by atoms with Crippen molar-refractivity contribution in [3.05, 3.63) is 16.1 Å². The lowest BCUT2D eigenvalue weighted by molar-refractivity contribution is -0.137. The number of carboxylic acids is 1. The van der Waals surface area contributed by atoms with Crippen LogP contribution in [0.25, 0.3) is 0 Å². The van der Waals surface area contributed by atoms with E-state index >= 15 is 0 Å². The highest BCUT2D eigenvalue weighted by atomic mass is 32.1. The highest BCUT2D eigenvalue weighted by molar-refractivity contribution is 7.11. The maximum Gasteiger partial charge on any atom is 0.323 e. The van der Waals surface area contributed by atoms with E-state index in [4.69, 9.17) is 5.11 Å².